The molecule has 0 unspecified atom stereocenters. The van der Waals surface area contributed by atoms with Gasteiger partial charge in [0.2, 0.25) is 0 Å². The highest BCUT2D eigenvalue weighted by atomic mass is 19.1. The summed E-state index contributed by atoms with van der Waals surface area (Å²) in [6.07, 6.45) is 3.42. The molecule has 1 saturated heterocycles. The van der Waals surface area contributed by atoms with E-state index in [1.54, 1.807) is 12.1 Å². The average Bonchev–Trinajstić information content (AvgIpc) is 2.51. The largest absolute Gasteiger partial charge is 0.506 e. The van der Waals surface area contributed by atoms with Crippen LogP contribution in [0.1, 0.15) is 30.0 Å². The molecule has 21 heavy (non-hydrogen) atoms. The maximum absolute atomic E-state index is 13.6. The Balaban J connectivity index is 2.36. The molecular weight excluding hydrogens is 269 g/mol. The fourth-order valence-corrected chi connectivity index (χ4v) is 2.76. The van der Waals surface area contributed by atoms with Gasteiger partial charge in [0.25, 0.3) is 0 Å². The molecule has 0 spiro atoms. The third-order valence-corrected chi connectivity index (χ3v) is 3.87. The number of nitrogens with zero attached hydrogens (tertiary/aromatic N) is 2. The highest BCUT2D eigenvalue weighted by Gasteiger charge is 2.26. The van der Waals surface area contributed by atoms with E-state index in [1.165, 1.54) is 6.07 Å². The zero-order valence-corrected chi connectivity index (χ0v) is 12.0. The number of hydrogen-bond acceptors (Lipinski definition) is 4. The van der Waals surface area contributed by atoms with Crippen LogP contribution in [0.4, 0.5) is 4.39 Å². The van der Waals surface area contributed by atoms with E-state index in [2.05, 4.69) is 16.8 Å². The predicted octanol–water partition coefficient (Wildman–Crippen LogP) is 2.32. The molecule has 1 aliphatic rings. The van der Waals surface area contributed by atoms with Gasteiger partial charge in [-0.3, -0.25) is 4.90 Å². The molecule has 0 aliphatic carbocycles. The minimum absolute atomic E-state index is 0.0298. The van der Waals surface area contributed by atoms with Crippen LogP contribution in [0.5, 0.6) is 5.75 Å². The molecule has 0 radical (unpaired) electrons. The van der Waals surface area contributed by atoms with E-state index in [0.717, 1.165) is 39.0 Å². The van der Waals surface area contributed by atoms with Gasteiger partial charge in [-0.25, -0.2) is 4.39 Å². The molecule has 2 rings (SSSR count). The minimum Gasteiger partial charge on any atom is -0.506 e. The van der Waals surface area contributed by atoms with Crippen LogP contribution in [0.15, 0.2) is 24.8 Å². The molecule has 1 fully saturated rings. The lowest BCUT2D eigenvalue weighted by atomic mass is 9.96. The van der Waals surface area contributed by atoms with Gasteiger partial charge in [-0.1, -0.05) is 12.1 Å². The number of benzene rings is 1. The third kappa shape index (κ3) is 3.41. The molecule has 0 aromatic heterocycles. The summed E-state index contributed by atoms with van der Waals surface area (Å²) in [4.78, 5) is 2.26. The number of piperazine rings is 1. The van der Waals surface area contributed by atoms with Gasteiger partial charge in [0.05, 0.1) is 0 Å². The van der Waals surface area contributed by atoms with Crippen molar-refractivity contribution in [1.29, 1.82) is 5.26 Å². The van der Waals surface area contributed by atoms with Crippen LogP contribution in [-0.4, -0.2) is 36.2 Å². The number of aromatic hydroxyl groups is 1. The van der Waals surface area contributed by atoms with Gasteiger partial charge < -0.3 is 10.4 Å². The van der Waals surface area contributed by atoms with E-state index in [0.29, 0.717) is 5.56 Å². The number of halogens is 1. The second-order valence-electron chi connectivity index (χ2n) is 5.14. The van der Waals surface area contributed by atoms with E-state index in [4.69, 9.17) is 5.26 Å². The van der Waals surface area contributed by atoms with Crippen LogP contribution >= 0.6 is 0 Å². The monoisotopic (exact) mass is 289 g/mol. The highest BCUT2D eigenvalue weighted by Crippen LogP contribution is 2.35. The van der Waals surface area contributed by atoms with Crippen LogP contribution in [-0.2, 0) is 0 Å². The van der Waals surface area contributed by atoms with Gasteiger partial charge in [0.15, 0.2) is 0 Å². The first-order valence-corrected chi connectivity index (χ1v) is 7.16. The Kier molecular flexibility index (Phi) is 5.32. The fraction of sp³-hybridized carbons (Fsp3) is 0.438. The molecule has 5 heteroatoms. The van der Waals surface area contributed by atoms with Crippen molar-refractivity contribution >= 4 is 0 Å². The molecule has 112 valence electrons. The van der Waals surface area contributed by atoms with Gasteiger partial charge >= 0.3 is 0 Å². The number of rotatable bonds is 5. The zero-order valence-electron chi connectivity index (χ0n) is 12.0. The fourth-order valence-electron chi connectivity index (χ4n) is 2.76. The first-order chi connectivity index (χ1) is 10.2. The second kappa shape index (κ2) is 7.21. The lowest BCUT2D eigenvalue weighted by Gasteiger charge is -2.35. The summed E-state index contributed by atoms with van der Waals surface area (Å²) < 4.78 is 13.6. The normalized spacial score (nSPS) is 17.1. The molecule has 1 atom stereocenters. The SMILES string of the molecule is C=CCC[C@@H](c1ccc(F)c(C#N)c1O)N1CCNCC1. The summed E-state index contributed by atoms with van der Waals surface area (Å²) in [6, 6.07) is 4.56. The van der Waals surface area contributed by atoms with Gasteiger partial charge in [-0.2, -0.15) is 5.26 Å². The Morgan fingerprint density at radius 1 is 1.48 bits per heavy atom. The number of hydrogen-bond donors (Lipinski definition) is 2. The van der Waals surface area contributed by atoms with Crippen molar-refractivity contribution in [3.05, 3.63) is 41.7 Å². The summed E-state index contributed by atoms with van der Waals surface area (Å²) in [7, 11) is 0. The molecule has 1 aliphatic heterocycles. The molecule has 0 bridgehead atoms. The lowest BCUT2D eigenvalue weighted by Crippen LogP contribution is -2.45. The van der Waals surface area contributed by atoms with Crippen molar-refractivity contribution in [2.75, 3.05) is 26.2 Å². The summed E-state index contributed by atoms with van der Waals surface area (Å²) in [6.45, 7) is 7.23. The van der Waals surface area contributed by atoms with Gasteiger partial charge in [0.1, 0.15) is 23.2 Å². The lowest BCUT2D eigenvalue weighted by molar-refractivity contribution is 0.163. The summed E-state index contributed by atoms with van der Waals surface area (Å²) in [5, 5.41) is 22.5. The highest BCUT2D eigenvalue weighted by molar-refractivity contribution is 5.49. The van der Waals surface area contributed by atoms with Crippen molar-refractivity contribution in [2.45, 2.75) is 18.9 Å². The maximum atomic E-state index is 13.6. The van der Waals surface area contributed by atoms with Crippen LogP contribution in [0.2, 0.25) is 0 Å². The topological polar surface area (TPSA) is 59.3 Å². The van der Waals surface area contributed by atoms with E-state index in [1.807, 2.05) is 6.08 Å². The van der Waals surface area contributed by atoms with Gasteiger partial charge in [-0.05, 0) is 18.9 Å². The van der Waals surface area contributed by atoms with Crippen molar-refractivity contribution in [3.63, 3.8) is 0 Å². The number of phenolic OH excluding ortho intramolecular Hbond substituents is 1. The van der Waals surface area contributed by atoms with E-state index in [-0.39, 0.29) is 17.4 Å². The van der Waals surface area contributed by atoms with Crippen molar-refractivity contribution in [3.8, 4) is 11.8 Å². The summed E-state index contributed by atoms with van der Waals surface area (Å²) in [5.41, 5.74) is 0.350. The molecule has 1 aromatic carbocycles. The first-order valence-electron chi connectivity index (χ1n) is 7.16. The standard InChI is InChI=1S/C16H20FN3O/c1-2-3-4-15(20-9-7-19-8-10-20)12-5-6-14(17)13(11-18)16(12)21/h2,5-6,15,19,21H,1,3-4,7-10H2/t15-/m0/s1. The Bertz CT molecular complexity index is 547. The number of nitrogens with one attached hydrogen (secondary N) is 1. The molecule has 0 saturated carbocycles. The number of phenols is 1. The summed E-state index contributed by atoms with van der Waals surface area (Å²) >= 11 is 0. The van der Waals surface area contributed by atoms with E-state index < -0.39 is 5.82 Å². The zero-order chi connectivity index (χ0) is 15.2. The Morgan fingerprint density at radius 3 is 2.81 bits per heavy atom. The van der Waals surface area contributed by atoms with Crippen LogP contribution in [0, 0.1) is 17.1 Å². The van der Waals surface area contributed by atoms with E-state index >= 15 is 0 Å². The Hall–Kier alpha value is -1.90. The van der Waals surface area contributed by atoms with Crippen molar-refractivity contribution in [1.82, 2.24) is 10.2 Å². The molecular formula is C16H20FN3O. The quantitative estimate of drug-likeness (QED) is 0.817. The third-order valence-electron chi connectivity index (χ3n) is 3.87. The van der Waals surface area contributed by atoms with Crippen LogP contribution < -0.4 is 5.32 Å². The molecule has 4 nitrogen and oxygen atoms in total. The average molecular weight is 289 g/mol. The van der Waals surface area contributed by atoms with Crippen LogP contribution in [0.25, 0.3) is 0 Å². The molecule has 0 amide bonds. The second-order valence-corrected chi connectivity index (χ2v) is 5.14. The number of nitriles is 1. The predicted molar refractivity (Wildman–Crippen MR) is 79.4 cm³/mol. The van der Waals surface area contributed by atoms with Gasteiger partial charge in [0, 0.05) is 37.8 Å². The maximum Gasteiger partial charge on any atom is 0.144 e. The molecule has 1 aromatic rings. The van der Waals surface area contributed by atoms with Crippen molar-refractivity contribution in [2.24, 2.45) is 0 Å². The Morgan fingerprint density at radius 2 is 2.19 bits per heavy atom. The van der Waals surface area contributed by atoms with Crippen molar-refractivity contribution < 1.29 is 9.50 Å². The van der Waals surface area contributed by atoms with Crippen LogP contribution in [0.3, 0.4) is 0 Å². The molecule has 2 N–H and O–H groups in total. The first kappa shape index (κ1) is 15.5. The molecule has 1 heterocycles. The minimum atomic E-state index is -0.679. The Labute approximate surface area is 124 Å². The van der Waals surface area contributed by atoms with Gasteiger partial charge in [-0.15, -0.1) is 6.58 Å². The van der Waals surface area contributed by atoms with E-state index in [9.17, 15) is 9.50 Å². The number of allylic oxidation sites excluding steroid dienone is 1. The smallest absolute Gasteiger partial charge is 0.144 e. The summed E-state index contributed by atoms with van der Waals surface area (Å²) in [5.74, 6) is -0.911.